The summed E-state index contributed by atoms with van der Waals surface area (Å²) in [6, 6.07) is 9.07. The standard InChI is InChI=1S/C20H16FNO6/c1-11-16(23)7-6-15-13(8-17(24)28-19(11)15)10-27-18(25)9-22-20(26)12-2-4-14(21)5-3-12/h2-8,23H,9-10H2,1H3,(H,22,26). The summed E-state index contributed by atoms with van der Waals surface area (Å²) in [4.78, 5) is 35.6. The number of nitrogens with one attached hydrogen (secondary N) is 1. The van der Waals surface area contributed by atoms with E-state index in [1.807, 2.05) is 0 Å². The maximum Gasteiger partial charge on any atom is 0.336 e. The van der Waals surface area contributed by atoms with Gasteiger partial charge in [0, 0.05) is 28.1 Å². The van der Waals surface area contributed by atoms with Crippen molar-refractivity contribution in [2.75, 3.05) is 6.54 Å². The fourth-order valence-electron chi connectivity index (χ4n) is 2.60. The van der Waals surface area contributed by atoms with Crippen LogP contribution in [-0.4, -0.2) is 23.5 Å². The lowest BCUT2D eigenvalue weighted by atomic mass is 10.1. The molecule has 28 heavy (non-hydrogen) atoms. The van der Waals surface area contributed by atoms with Crippen molar-refractivity contribution in [3.05, 3.63) is 75.4 Å². The highest BCUT2D eigenvalue weighted by atomic mass is 19.1. The summed E-state index contributed by atoms with van der Waals surface area (Å²) >= 11 is 0. The third-order valence-electron chi connectivity index (χ3n) is 4.11. The van der Waals surface area contributed by atoms with E-state index < -0.39 is 29.9 Å². The molecule has 0 unspecified atom stereocenters. The highest BCUT2D eigenvalue weighted by Crippen LogP contribution is 2.27. The lowest BCUT2D eigenvalue weighted by molar-refractivity contribution is -0.143. The van der Waals surface area contributed by atoms with Crippen LogP contribution in [0.25, 0.3) is 11.0 Å². The van der Waals surface area contributed by atoms with E-state index in [4.69, 9.17) is 9.15 Å². The summed E-state index contributed by atoms with van der Waals surface area (Å²) in [5, 5.41) is 12.6. The molecule has 0 spiro atoms. The van der Waals surface area contributed by atoms with Crippen LogP contribution in [0.5, 0.6) is 5.75 Å². The largest absolute Gasteiger partial charge is 0.508 e. The Morgan fingerprint density at radius 2 is 1.89 bits per heavy atom. The number of fused-ring (bicyclic) bond motifs is 1. The Morgan fingerprint density at radius 1 is 1.18 bits per heavy atom. The number of ether oxygens (including phenoxy) is 1. The van der Waals surface area contributed by atoms with E-state index in [2.05, 4.69) is 5.32 Å². The van der Waals surface area contributed by atoms with Crippen molar-refractivity contribution >= 4 is 22.8 Å². The minimum absolute atomic E-state index is 0.0201. The summed E-state index contributed by atoms with van der Waals surface area (Å²) in [7, 11) is 0. The van der Waals surface area contributed by atoms with Crippen LogP contribution >= 0.6 is 0 Å². The van der Waals surface area contributed by atoms with Crippen LogP contribution in [0, 0.1) is 12.7 Å². The molecule has 8 heteroatoms. The molecule has 7 nitrogen and oxygen atoms in total. The van der Waals surface area contributed by atoms with E-state index in [9.17, 15) is 23.9 Å². The number of carbonyl (C=O) groups is 2. The maximum atomic E-state index is 12.9. The number of carbonyl (C=O) groups excluding carboxylic acids is 2. The zero-order valence-electron chi connectivity index (χ0n) is 14.8. The molecule has 0 aliphatic heterocycles. The van der Waals surface area contributed by atoms with E-state index in [0.29, 0.717) is 16.5 Å². The third-order valence-corrected chi connectivity index (χ3v) is 4.11. The van der Waals surface area contributed by atoms with Gasteiger partial charge in [-0.3, -0.25) is 9.59 Å². The molecule has 1 aromatic heterocycles. The minimum Gasteiger partial charge on any atom is -0.508 e. The molecule has 0 bridgehead atoms. The topological polar surface area (TPSA) is 106 Å². The van der Waals surface area contributed by atoms with Crippen LogP contribution in [0.1, 0.15) is 21.5 Å². The van der Waals surface area contributed by atoms with Gasteiger partial charge in [-0.1, -0.05) is 0 Å². The van der Waals surface area contributed by atoms with Gasteiger partial charge in [-0.25, -0.2) is 9.18 Å². The van der Waals surface area contributed by atoms with Gasteiger partial charge in [0.2, 0.25) is 0 Å². The lowest BCUT2D eigenvalue weighted by Gasteiger charge is -2.10. The van der Waals surface area contributed by atoms with Gasteiger partial charge < -0.3 is 19.6 Å². The molecule has 2 N–H and O–H groups in total. The van der Waals surface area contributed by atoms with Crippen molar-refractivity contribution in [1.29, 1.82) is 0 Å². The van der Waals surface area contributed by atoms with Crippen molar-refractivity contribution in [1.82, 2.24) is 5.32 Å². The zero-order valence-corrected chi connectivity index (χ0v) is 14.8. The van der Waals surface area contributed by atoms with Gasteiger partial charge in [-0.2, -0.15) is 0 Å². The first kappa shape index (κ1) is 19.1. The van der Waals surface area contributed by atoms with Gasteiger partial charge in [-0.15, -0.1) is 0 Å². The Bertz CT molecular complexity index is 1100. The van der Waals surface area contributed by atoms with E-state index in [1.165, 1.54) is 24.3 Å². The number of phenolic OH excluding ortho intramolecular Hbond substituents is 1. The molecule has 144 valence electrons. The van der Waals surface area contributed by atoms with Gasteiger partial charge in [-0.05, 0) is 43.3 Å². The Hall–Kier alpha value is -3.68. The zero-order chi connectivity index (χ0) is 20.3. The normalized spacial score (nSPS) is 10.6. The minimum atomic E-state index is -0.715. The quantitative estimate of drug-likeness (QED) is 0.516. The molecule has 0 radical (unpaired) electrons. The van der Waals surface area contributed by atoms with E-state index >= 15 is 0 Å². The second kappa shape index (κ2) is 7.91. The highest BCUT2D eigenvalue weighted by molar-refractivity contribution is 5.95. The summed E-state index contributed by atoms with van der Waals surface area (Å²) in [5.41, 5.74) is 0.582. The maximum absolute atomic E-state index is 12.9. The molecule has 1 amide bonds. The second-order valence-electron chi connectivity index (χ2n) is 6.03. The van der Waals surface area contributed by atoms with E-state index in [0.717, 1.165) is 12.1 Å². The van der Waals surface area contributed by atoms with Gasteiger partial charge in [0.1, 0.15) is 30.3 Å². The fraction of sp³-hybridized carbons (Fsp3) is 0.150. The predicted molar refractivity (Wildman–Crippen MR) is 97.4 cm³/mol. The number of hydrogen-bond acceptors (Lipinski definition) is 6. The van der Waals surface area contributed by atoms with Crippen LogP contribution in [0.15, 0.2) is 51.7 Å². The lowest BCUT2D eigenvalue weighted by Crippen LogP contribution is -2.30. The number of halogens is 1. The molecular weight excluding hydrogens is 369 g/mol. The number of aryl methyl sites for hydroxylation is 1. The van der Waals surface area contributed by atoms with Crippen LogP contribution in [0.3, 0.4) is 0 Å². The smallest absolute Gasteiger partial charge is 0.336 e. The van der Waals surface area contributed by atoms with Crippen molar-refractivity contribution in [2.24, 2.45) is 0 Å². The summed E-state index contributed by atoms with van der Waals surface area (Å²) in [6.07, 6.45) is 0. The first-order valence-electron chi connectivity index (χ1n) is 8.30. The number of hydrogen-bond donors (Lipinski definition) is 2. The van der Waals surface area contributed by atoms with Crippen LogP contribution in [-0.2, 0) is 16.1 Å². The second-order valence-corrected chi connectivity index (χ2v) is 6.03. The number of rotatable bonds is 5. The first-order chi connectivity index (χ1) is 13.3. The molecule has 3 aromatic rings. The predicted octanol–water partition coefficient (Wildman–Crippen LogP) is 2.42. The van der Waals surface area contributed by atoms with Crippen molar-refractivity contribution < 1.29 is 28.2 Å². The number of esters is 1. The van der Waals surface area contributed by atoms with Gasteiger partial charge in [0.05, 0.1) is 0 Å². The fourth-order valence-corrected chi connectivity index (χ4v) is 2.60. The molecule has 0 saturated heterocycles. The molecule has 1 heterocycles. The molecule has 0 saturated carbocycles. The molecule has 0 atom stereocenters. The van der Waals surface area contributed by atoms with Crippen molar-refractivity contribution in [2.45, 2.75) is 13.5 Å². The Balaban J connectivity index is 1.65. The van der Waals surface area contributed by atoms with Crippen LogP contribution in [0.4, 0.5) is 4.39 Å². The average molecular weight is 385 g/mol. The average Bonchev–Trinajstić information content (AvgIpc) is 2.68. The molecule has 0 aliphatic rings. The van der Waals surface area contributed by atoms with E-state index in [1.54, 1.807) is 13.0 Å². The third kappa shape index (κ3) is 4.17. The first-order valence-corrected chi connectivity index (χ1v) is 8.30. The van der Waals surface area contributed by atoms with Crippen molar-refractivity contribution in [3.63, 3.8) is 0 Å². The number of benzene rings is 2. The van der Waals surface area contributed by atoms with E-state index in [-0.39, 0.29) is 23.5 Å². The van der Waals surface area contributed by atoms with Crippen LogP contribution in [0.2, 0.25) is 0 Å². The highest BCUT2D eigenvalue weighted by Gasteiger charge is 2.13. The summed E-state index contributed by atoms with van der Waals surface area (Å²) in [5.74, 6) is -1.76. The number of aromatic hydroxyl groups is 1. The Labute approximate surface area is 158 Å². The molecule has 0 aliphatic carbocycles. The van der Waals surface area contributed by atoms with Crippen molar-refractivity contribution in [3.8, 4) is 5.75 Å². The number of phenols is 1. The monoisotopic (exact) mass is 385 g/mol. The SMILES string of the molecule is Cc1c(O)ccc2c(COC(=O)CNC(=O)c3ccc(F)cc3)cc(=O)oc12. The van der Waals surface area contributed by atoms with Gasteiger partial charge in [0.15, 0.2) is 0 Å². The molecular formula is C20H16FNO6. The van der Waals surface area contributed by atoms with Gasteiger partial charge in [0.25, 0.3) is 5.91 Å². The Kier molecular flexibility index (Phi) is 5.39. The van der Waals surface area contributed by atoms with Crippen LogP contribution < -0.4 is 10.9 Å². The number of amides is 1. The van der Waals surface area contributed by atoms with Gasteiger partial charge >= 0.3 is 11.6 Å². The molecule has 2 aromatic carbocycles. The molecule has 3 rings (SSSR count). The Morgan fingerprint density at radius 3 is 2.61 bits per heavy atom. The summed E-state index contributed by atoms with van der Waals surface area (Å²) < 4.78 is 23.1. The molecule has 0 fully saturated rings. The summed E-state index contributed by atoms with van der Waals surface area (Å²) in [6.45, 7) is 0.994.